The van der Waals surface area contributed by atoms with Crippen LogP contribution < -0.4 is 0 Å². The van der Waals surface area contributed by atoms with Gasteiger partial charge in [-0.15, -0.1) is 0 Å². The zero-order valence-electron chi connectivity index (χ0n) is 9.87. The van der Waals surface area contributed by atoms with Crippen molar-refractivity contribution in [3.05, 3.63) is 56.3 Å². The van der Waals surface area contributed by atoms with Gasteiger partial charge in [0.05, 0.1) is 5.02 Å². The van der Waals surface area contributed by atoms with Gasteiger partial charge in [0.25, 0.3) is 0 Å². The lowest BCUT2D eigenvalue weighted by Gasteiger charge is -2.07. The van der Waals surface area contributed by atoms with Crippen molar-refractivity contribution in [3.63, 3.8) is 0 Å². The van der Waals surface area contributed by atoms with E-state index in [9.17, 15) is 4.39 Å². The molecular weight excluding hydrogens is 303 g/mol. The van der Waals surface area contributed by atoms with Crippen LogP contribution in [-0.2, 0) is 17.9 Å². The lowest BCUT2D eigenvalue weighted by Crippen LogP contribution is -2.03. The van der Waals surface area contributed by atoms with Crippen molar-refractivity contribution in [3.8, 4) is 0 Å². The third-order valence-corrected chi connectivity index (χ3v) is 4.65. The van der Waals surface area contributed by atoms with E-state index in [1.54, 1.807) is 23.9 Å². The zero-order valence-corrected chi connectivity index (χ0v) is 12.3. The van der Waals surface area contributed by atoms with Gasteiger partial charge in [-0.05, 0) is 11.6 Å². The van der Waals surface area contributed by atoms with Crippen LogP contribution in [0.15, 0.2) is 18.2 Å². The van der Waals surface area contributed by atoms with Crippen molar-refractivity contribution < 1.29 is 4.39 Å². The van der Waals surface area contributed by atoms with Crippen LogP contribution in [0.1, 0.15) is 22.6 Å². The minimum Gasteiger partial charge on any atom is -0.346 e. The van der Waals surface area contributed by atoms with Gasteiger partial charge in [-0.3, -0.25) is 0 Å². The Kier molecular flexibility index (Phi) is 3.60. The van der Waals surface area contributed by atoms with Crippen molar-refractivity contribution in [1.82, 2.24) is 9.97 Å². The lowest BCUT2D eigenvalue weighted by atomic mass is 10.1. The molecule has 0 saturated heterocycles. The number of aromatic nitrogens is 2. The maximum Gasteiger partial charge on any atom is 0.145 e. The second-order valence-corrected chi connectivity index (χ2v) is 6.11. The summed E-state index contributed by atoms with van der Waals surface area (Å²) in [6.07, 6.45) is 0.369. The average Bonchev–Trinajstić information content (AvgIpc) is 2.84. The molecule has 19 heavy (non-hydrogen) atoms. The topological polar surface area (TPSA) is 28.7 Å². The Bertz CT molecular complexity index is 700. The Labute approximate surface area is 124 Å². The highest BCUT2D eigenvalue weighted by molar-refractivity contribution is 7.98. The number of nitrogens with zero attached hydrogens (tertiary/aromatic N) is 1. The number of halogens is 2. The van der Waals surface area contributed by atoms with E-state index < -0.39 is 0 Å². The molecule has 2 nitrogen and oxygen atoms in total. The number of H-pyrrole nitrogens is 1. The van der Waals surface area contributed by atoms with E-state index in [-0.39, 0.29) is 10.8 Å². The molecule has 2 aromatic rings. The quantitative estimate of drug-likeness (QED) is 0.840. The highest BCUT2D eigenvalue weighted by atomic mass is 35.5. The second-order valence-electron chi connectivity index (χ2n) is 4.33. The van der Waals surface area contributed by atoms with Gasteiger partial charge in [-0.1, -0.05) is 36.0 Å². The Hall–Kier alpha value is -0.910. The minimum absolute atomic E-state index is 0.132. The third-order valence-electron chi connectivity index (χ3n) is 3.04. The summed E-state index contributed by atoms with van der Waals surface area (Å²) in [6.45, 7) is 0. The highest BCUT2D eigenvalue weighted by Gasteiger charge is 2.16. The summed E-state index contributed by atoms with van der Waals surface area (Å²) >= 11 is 12.9. The minimum atomic E-state index is -0.389. The number of hydrogen-bond donors (Lipinski definition) is 1. The Morgan fingerprint density at radius 1 is 1.42 bits per heavy atom. The molecule has 6 heteroatoms. The lowest BCUT2D eigenvalue weighted by molar-refractivity contribution is 0.612. The van der Waals surface area contributed by atoms with Crippen LogP contribution in [0.5, 0.6) is 0 Å². The molecule has 1 aromatic carbocycles. The predicted molar refractivity (Wildman–Crippen MR) is 78.6 cm³/mol. The number of nitrogens with one attached hydrogen (secondary N) is 1. The van der Waals surface area contributed by atoms with E-state index in [0.29, 0.717) is 22.4 Å². The fourth-order valence-electron chi connectivity index (χ4n) is 2.07. The summed E-state index contributed by atoms with van der Waals surface area (Å²) in [4.78, 5) is 7.60. The number of thioether (sulfide) groups is 1. The maximum atomic E-state index is 13.9. The molecule has 0 aliphatic carbocycles. The van der Waals surface area contributed by atoms with Crippen LogP contribution in [0.2, 0.25) is 5.02 Å². The molecule has 3 rings (SSSR count). The summed E-state index contributed by atoms with van der Waals surface area (Å²) in [5.74, 6) is 2.11. The molecule has 1 aromatic heterocycles. The number of fused-ring (bicyclic) bond motifs is 1. The van der Waals surface area contributed by atoms with Crippen molar-refractivity contribution >= 4 is 35.6 Å². The summed E-state index contributed by atoms with van der Waals surface area (Å²) in [6, 6.07) is 4.98. The van der Waals surface area contributed by atoms with Gasteiger partial charge in [0.1, 0.15) is 16.3 Å². The van der Waals surface area contributed by atoms with Crippen LogP contribution >= 0.6 is 35.6 Å². The molecule has 1 aliphatic heterocycles. The first kappa shape index (κ1) is 13.1. The molecule has 0 unspecified atom stereocenters. The fraction of sp³-hybridized carbons (Fsp3) is 0.231. The Balaban J connectivity index is 1.98. The standard InChI is InChI=1S/C13H10ClFN2S2/c14-9-3-1-2-7(12(9)15)4-11-16-10-6-19-5-8(10)13(18)17-11/h1-3H,4-6H2,(H,16,17,18). The normalized spacial score (nSPS) is 13.6. The van der Waals surface area contributed by atoms with Crippen LogP contribution in [0.3, 0.4) is 0 Å². The molecule has 1 N–H and O–H groups in total. The Morgan fingerprint density at radius 2 is 2.26 bits per heavy atom. The number of rotatable bonds is 2. The van der Waals surface area contributed by atoms with Gasteiger partial charge >= 0.3 is 0 Å². The molecule has 0 bridgehead atoms. The largest absolute Gasteiger partial charge is 0.346 e. The van der Waals surface area contributed by atoms with E-state index in [1.165, 1.54) is 6.07 Å². The van der Waals surface area contributed by atoms with E-state index in [1.807, 2.05) is 0 Å². The third kappa shape index (κ3) is 2.55. The summed E-state index contributed by atoms with van der Waals surface area (Å²) in [5.41, 5.74) is 2.74. The molecule has 0 fully saturated rings. The van der Waals surface area contributed by atoms with Crippen molar-refractivity contribution in [2.24, 2.45) is 0 Å². The molecule has 0 saturated carbocycles. The van der Waals surface area contributed by atoms with E-state index in [2.05, 4.69) is 9.97 Å². The van der Waals surface area contributed by atoms with Crippen molar-refractivity contribution in [2.45, 2.75) is 17.9 Å². The monoisotopic (exact) mass is 312 g/mol. The highest BCUT2D eigenvalue weighted by Crippen LogP contribution is 2.29. The van der Waals surface area contributed by atoms with E-state index in [4.69, 9.17) is 23.8 Å². The van der Waals surface area contributed by atoms with Crippen LogP contribution in [0, 0.1) is 10.5 Å². The maximum absolute atomic E-state index is 13.9. The number of benzene rings is 1. The first-order valence-electron chi connectivity index (χ1n) is 5.76. The van der Waals surface area contributed by atoms with Gasteiger partial charge in [0, 0.05) is 29.2 Å². The molecule has 0 spiro atoms. The first-order chi connectivity index (χ1) is 9.15. The van der Waals surface area contributed by atoms with Gasteiger partial charge < -0.3 is 4.98 Å². The number of aromatic amines is 1. The summed E-state index contributed by atoms with van der Waals surface area (Å²) in [5, 5.41) is 0.132. The van der Waals surface area contributed by atoms with E-state index in [0.717, 1.165) is 22.8 Å². The average molecular weight is 313 g/mol. The zero-order chi connectivity index (χ0) is 13.4. The van der Waals surface area contributed by atoms with Gasteiger partial charge in [0.15, 0.2) is 0 Å². The van der Waals surface area contributed by atoms with Gasteiger partial charge in [-0.2, -0.15) is 11.8 Å². The van der Waals surface area contributed by atoms with Crippen molar-refractivity contribution in [1.29, 1.82) is 0 Å². The van der Waals surface area contributed by atoms with Crippen molar-refractivity contribution in [2.75, 3.05) is 0 Å². The van der Waals surface area contributed by atoms with Crippen LogP contribution in [-0.4, -0.2) is 9.97 Å². The molecule has 1 aliphatic rings. The Morgan fingerprint density at radius 3 is 3.11 bits per heavy atom. The van der Waals surface area contributed by atoms with E-state index >= 15 is 0 Å². The predicted octanol–water partition coefficient (Wildman–Crippen LogP) is 4.27. The first-order valence-corrected chi connectivity index (χ1v) is 7.71. The molecule has 2 heterocycles. The smallest absolute Gasteiger partial charge is 0.145 e. The molecule has 0 amide bonds. The summed E-state index contributed by atoms with van der Waals surface area (Å²) < 4.78 is 14.5. The van der Waals surface area contributed by atoms with Crippen LogP contribution in [0.4, 0.5) is 4.39 Å². The molecule has 0 atom stereocenters. The summed E-state index contributed by atoms with van der Waals surface area (Å²) in [7, 11) is 0. The SMILES string of the molecule is Fc1c(Cl)cccc1Cc1nc(=S)c2c([nH]1)CSC2. The number of hydrogen-bond acceptors (Lipinski definition) is 3. The van der Waals surface area contributed by atoms with Crippen LogP contribution in [0.25, 0.3) is 0 Å². The van der Waals surface area contributed by atoms with Gasteiger partial charge in [0.2, 0.25) is 0 Å². The second kappa shape index (κ2) is 5.23. The molecular formula is C13H10ClFN2S2. The molecule has 0 radical (unpaired) electrons. The fourth-order valence-corrected chi connectivity index (χ4v) is 3.73. The van der Waals surface area contributed by atoms with Gasteiger partial charge in [-0.25, -0.2) is 9.37 Å². The molecule has 98 valence electrons.